The topological polar surface area (TPSA) is 97.2 Å². The summed E-state index contributed by atoms with van der Waals surface area (Å²) in [6.45, 7) is 0. The number of aromatic amines is 1. The molecule has 5 rings (SSSR count). The van der Waals surface area contributed by atoms with Crippen molar-refractivity contribution < 1.29 is 18.7 Å². The lowest BCUT2D eigenvalue weighted by atomic mass is 10.1. The number of nitrogens with zero attached hydrogens (tertiary/aromatic N) is 1. The zero-order chi connectivity index (χ0) is 24.2. The largest absolute Gasteiger partial charge is 0.468 e. The first-order chi connectivity index (χ1) is 17.1. The molecule has 0 saturated carbocycles. The number of hydrogen-bond acceptors (Lipinski definition) is 6. The summed E-state index contributed by atoms with van der Waals surface area (Å²) in [6, 6.07) is 24.3. The molecule has 0 aliphatic heterocycles. The number of benzene rings is 3. The smallest absolute Gasteiger partial charge is 0.341 e. The molecule has 1 amide bonds. The van der Waals surface area contributed by atoms with Gasteiger partial charge < -0.3 is 19.5 Å². The number of para-hydroxylation sites is 2. The number of nitrogens with one attached hydrogen (secondary N) is 2. The molecule has 35 heavy (non-hydrogen) atoms. The van der Waals surface area contributed by atoms with Gasteiger partial charge in [-0.25, -0.2) is 9.78 Å². The van der Waals surface area contributed by atoms with Crippen molar-refractivity contribution in [2.24, 2.45) is 0 Å². The Morgan fingerprint density at radius 1 is 1.00 bits per heavy atom. The van der Waals surface area contributed by atoms with E-state index in [1.807, 2.05) is 66.7 Å². The minimum atomic E-state index is -0.454. The number of carbonyl (C=O) groups excluding carboxylic acids is 2. The van der Waals surface area contributed by atoms with Crippen LogP contribution in [0.1, 0.15) is 26.5 Å². The molecule has 0 aliphatic rings. The minimum Gasteiger partial charge on any atom is -0.468 e. The molecule has 0 atom stereocenters. The fourth-order valence-corrected chi connectivity index (χ4v) is 4.70. The van der Waals surface area contributed by atoms with E-state index >= 15 is 0 Å². The Morgan fingerprint density at radius 2 is 1.83 bits per heavy atom. The van der Waals surface area contributed by atoms with Crippen LogP contribution in [0, 0.1) is 0 Å². The molecule has 2 heterocycles. The fourth-order valence-electron chi connectivity index (χ4n) is 3.70. The molecule has 2 N–H and O–H groups in total. The molecule has 3 aromatic carbocycles. The lowest BCUT2D eigenvalue weighted by Gasteiger charge is -2.10. The average Bonchev–Trinajstić information content (AvgIpc) is 3.54. The molecule has 174 valence electrons. The van der Waals surface area contributed by atoms with Gasteiger partial charge in [0.25, 0.3) is 5.91 Å². The number of rotatable bonds is 7. The molecule has 0 saturated heterocycles. The maximum absolute atomic E-state index is 13.2. The lowest BCUT2D eigenvalue weighted by Crippen LogP contribution is -2.13. The first-order valence-corrected chi connectivity index (χ1v) is 11.8. The minimum absolute atomic E-state index is 0.234. The molecule has 0 radical (unpaired) electrons. The van der Waals surface area contributed by atoms with E-state index in [1.165, 1.54) is 25.1 Å². The highest BCUT2D eigenvalue weighted by atomic mass is 32.2. The van der Waals surface area contributed by atoms with E-state index in [1.54, 1.807) is 12.1 Å². The molecule has 7 nitrogen and oxygen atoms in total. The van der Waals surface area contributed by atoms with Crippen LogP contribution in [-0.2, 0) is 10.5 Å². The van der Waals surface area contributed by atoms with Gasteiger partial charge in [-0.1, -0.05) is 36.4 Å². The summed E-state index contributed by atoms with van der Waals surface area (Å²) in [7, 11) is 1.33. The molecule has 0 fully saturated rings. The van der Waals surface area contributed by atoms with Crippen LogP contribution < -0.4 is 5.32 Å². The number of esters is 1. The van der Waals surface area contributed by atoms with Crippen LogP contribution in [-0.4, -0.2) is 29.0 Å². The van der Waals surface area contributed by atoms with E-state index in [2.05, 4.69) is 15.3 Å². The van der Waals surface area contributed by atoms with Crippen molar-refractivity contribution in [2.45, 2.75) is 10.6 Å². The van der Waals surface area contributed by atoms with E-state index in [4.69, 9.17) is 9.15 Å². The van der Waals surface area contributed by atoms with Crippen molar-refractivity contribution in [1.29, 1.82) is 0 Å². The van der Waals surface area contributed by atoms with Gasteiger partial charge in [-0.2, -0.15) is 0 Å². The van der Waals surface area contributed by atoms with Gasteiger partial charge in [0.15, 0.2) is 0 Å². The zero-order valence-electron chi connectivity index (χ0n) is 18.8. The first-order valence-electron chi connectivity index (χ1n) is 10.9. The first kappa shape index (κ1) is 22.5. The van der Waals surface area contributed by atoms with Crippen molar-refractivity contribution in [2.75, 3.05) is 12.4 Å². The maximum Gasteiger partial charge on any atom is 0.341 e. The zero-order valence-corrected chi connectivity index (χ0v) is 19.6. The van der Waals surface area contributed by atoms with E-state index in [0.29, 0.717) is 28.3 Å². The number of thioether (sulfide) groups is 1. The van der Waals surface area contributed by atoms with Gasteiger partial charge in [0.05, 0.1) is 35.7 Å². The number of ether oxygens (including phenoxy) is 1. The average molecular weight is 484 g/mol. The summed E-state index contributed by atoms with van der Waals surface area (Å²) < 4.78 is 10.2. The third-order valence-electron chi connectivity index (χ3n) is 5.42. The van der Waals surface area contributed by atoms with E-state index in [-0.39, 0.29) is 5.91 Å². The van der Waals surface area contributed by atoms with Crippen molar-refractivity contribution in [3.05, 3.63) is 102 Å². The Hall–Kier alpha value is -4.30. The number of methoxy groups -OCH3 is 1. The van der Waals surface area contributed by atoms with Crippen molar-refractivity contribution in [3.63, 3.8) is 0 Å². The number of imidazole rings is 1. The van der Waals surface area contributed by atoms with Crippen LogP contribution in [0.4, 0.5) is 5.69 Å². The summed E-state index contributed by atoms with van der Waals surface area (Å²) in [5.74, 6) is 0.921. The number of fused-ring (bicyclic) bond motifs is 1. The van der Waals surface area contributed by atoms with Gasteiger partial charge in [0.1, 0.15) is 17.1 Å². The number of anilines is 1. The Kier molecular flexibility index (Phi) is 6.36. The van der Waals surface area contributed by atoms with E-state index < -0.39 is 5.97 Å². The molecular weight excluding hydrogens is 462 g/mol. The van der Waals surface area contributed by atoms with Crippen LogP contribution >= 0.6 is 11.8 Å². The number of furan rings is 1. The van der Waals surface area contributed by atoms with Gasteiger partial charge in [-0.15, -0.1) is 11.8 Å². The normalized spacial score (nSPS) is 10.9. The standard InChI is InChI=1S/C27H21N3O4S/c1-33-27(32)19-13-14-34-23(19)16-35-24-12-5-2-9-20(24)26(31)28-18-8-6-7-17(15-18)25-29-21-10-3-4-11-22(21)30-25/h2-15H,16H2,1H3,(H,28,31)(H,29,30). The summed E-state index contributed by atoms with van der Waals surface area (Å²) >= 11 is 1.41. The van der Waals surface area contributed by atoms with Crippen LogP contribution in [0.3, 0.4) is 0 Å². The Balaban J connectivity index is 1.33. The van der Waals surface area contributed by atoms with Crippen LogP contribution in [0.15, 0.2) is 94.4 Å². The predicted octanol–water partition coefficient (Wildman–Crippen LogP) is 6.15. The Morgan fingerprint density at radius 3 is 2.69 bits per heavy atom. The second kappa shape index (κ2) is 9.90. The third kappa shape index (κ3) is 4.83. The van der Waals surface area contributed by atoms with Gasteiger partial charge in [0.2, 0.25) is 0 Å². The van der Waals surface area contributed by atoms with Crippen LogP contribution in [0.25, 0.3) is 22.4 Å². The number of H-pyrrole nitrogens is 1. The highest BCUT2D eigenvalue weighted by Crippen LogP contribution is 2.29. The molecule has 8 heteroatoms. The van der Waals surface area contributed by atoms with Crippen molar-refractivity contribution in [1.82, 2.24) is 9.97 Å². The summed E-state index contributed by atoms with van der Waals surface area (Å²) in [5.41, 5.74) is 4.27. The number of hydrogen-bond donors (Lipinski definition) is 2. The third-order valence-corrected chi connectivity index (χ3v) is 6.50. The SMILES string of the molecule is COC(=O)c1ccoc1CSc1ccccc1C(=O)Nc1cccc(-c2nc3ccccc3[nH]2)c1. The molecule has 0 spiro atoms. The summed E-state index contributed by atoms with van der Waals surface area (Å²) in [6.07, 6.45) is 1.45. The van der Waals surface area contributed by atoms with E-state index in [9.17, 15) is 9.59 Å². The maximum atomic E-state index is 13.2. The second-order valence-corrected chi connectivity index (χ2v) is 8.69. The van der Waals surface area contributed by atoms with Gasteiger partial charge in [-0.3, -0.25) is 4.79 Å². The molecule has 0 aliphatic carbocycles. The molecule has 0 unspecified atom stereocenters. The highest BCUT2D eigenvalue weighted by molar-refractivity contribution is 7.98. The Bertz CT molecular complexity index is 1490. The van der Waals surface area contributed by atoms with Gasteiger partial charge in [-0.05, 0) is 42.5 Å². The molecular formula is C27H21N3O4S. The predicted molar refractivity (Wildman–Crippen MR) is 136 cm³/mol. The second-order valence-electron chi connectivity index (χ2n) is 7.67. The fraction of sp³-hybridized carbons (Fsp3) is 0.0741. The summed E-state index contributed by atoms with van der Waals surface area (Å²) in [5, 5.41) is 2.98. The monoisotopic (exact) mass is 483 g/mol. The number of carbonyl (C=O) groups is 2. The quantitative estimate of drug-likeness (QED) is 0.213. The highest BCUT2D eigenvalue weighted by Gasteiger charge is 2.17. The van der Waals surface area contributed by atoms with Crippen LogP contribution in [0.5, 0.6) is 0 Å². The number of aromatic nitrogens is 2. The van der Waals surface area contributed by atoms with Crippen molar-refractivity contribution >= 4 is 40.4 Å². The van der Waals surface area contributed by atoms with Gasteiger partial charge >= 0.3 is 5.97 Å². The summed E-state index contributed by atoms with van der Waals surface area (Å²) in [4.78, 5) is 33.8. The number of amides is 1. The van der Waals surface area contributed by atoms with Crippen molar-refractivity contribution in [3.8, 4) is 11.4 Å². The molecule has 0 bridgehead atoms. The lowest BCUT2D eigenvalue weighted by molar-refractivity contribution is 0.0598. The Labute approximate surface area is 205 Å². The molecule has 5 aromatic rings. The van der Waals surface area contributed by atoms with E-state index in [0.717, 1.165) is 27.3 Å². The molecule has 2 aromatic heterocycles. The van der Waals surface area contributed by atoms with Gasteiger partial charge in [0, 0.05) is 16.1 Å². The van der Waals surface area contributed by atoms with Crippen LogP contribution in [0.2, 0.25) is 0 Å².